The smallest absolute Gasteiger partial charge is 0.242 e. The summed E-state index contributed by atoms with van der Waals surface area (Å²) in [7, 11) is 0. The maximum atomic E-state index is 13.1. The summed E-state index contributed by atoms with van der Waals surface area (Å²) in [6.45, 7) is 0. The zero-order valence-electron chi connectivity index (χ0n) is 15.0. The highest BCUT2D eigenvalue weighted by molar-refractivity contribution is 8.00. The Kier molecular flexibility index (Phi) is 5.49. The highest BCUT2D eigenvalue weighted by Gasteiger charge is 2.22. The van der Waals surface area contributed by atoms with E-state index in [2.05, 4.69) is 15.4 Å². The molecule has 0 spiro atoms. The second-order valence-corrected chi connectivity index (χ2v) is 7.25. The number of rotatable bonds is 6. The quantitative estimate of drug-likeness (QED) is 0.486. The monoisotopic (exact) mass is 386 g/mol. The molecule has 2 heterocycles. The predicted molar refractivity (Wildman–Crippen MR) is 111 cm³/mol. The van der Waals surface area contributed by atoms with Gasteiger partial charge in [-0.2, -0.15) is 5.10 Å². The van der Waals surface area contributed by atoms with Gasteiger partial charge in [0.1, 0.15) is 5.25 Å². The zero-order chi connectivity index (χ0) is 19.2. The van der Waals surface area contributed by atoms with Gasteiger partial charge in [0.05, 0.1) is 11.9 Å². The third-order valence-electron chi connectivity index (χ3n) is 4.09. The fourth-order valence-corrected chi connectivity index (χ4v) is 3.79. The summed E-state index contributed by atoms with van der Waals surface area (Å²) in [5, 5.41) is 6.77. The van der Waals surface area contributed by atoms with Gasteiger partial charge in [0.25, 0.3) is 0 Å². The molecule has 2 aromatic heterocycles. The molecule has 0 unspecified atom stereocenters. The van der Waals surface area contributed by atoms with Gasteiger partial charge < -0.3 is 5.32 Å². The Morgan fingerprint density at radius 3 is 2.32 bits per heavy atom. The lowest BCUT2D eigenvalue weighted by Crippen LogP contribution is -2.19. The van der Waals surface area contributed by atoms with Gasteiger partial charge in [0, 0.05) is 17.3 Å². The number of nitrogens with zero attached hydrogens (tertiary/aromatic N) is 3. The van der Waals surface area contributed by atoms with Crippen LogP contribution in [-0.2, 0) is 4.79 Å². The molecule has 0 fully saturated rings. The minimum absolute atomic E-state index is 0.0892. The molecule has 0 aliphatic rings. The molecular weight excluding hydrogens is 368 g/mol. The molecular formula is C22H18N4OS. The molecule has 138 valence electrons. The van der Waals surface area contributed by atoms with E-state index in [1.165, 1.54) is 11.8 Å². The molecule has 28 heavy (non-hydrogen) atoms. The third kappa shape index (κ3) is 4.29. The van der Waals surface area contributed by atoms with E-state index in [1.54, 1.807) is 17.1 Å². The molecule has 0 saturated heterocycles. The number of benzene rings is 2. The topological polar surface area (TPSA) is 59.8 Å². The van der Waals surface area contributed by atoms with Crippen LogP contribution in [0.5, 0.6) is 0 Å². The van der Waals surface area contributed by atoms with Crippen LogP contribution >= 0.6 is 11.8 Å². The standard InChI is InChI=1S/C22H18N4OS/c27-22(25-18-12-13-20(23-16-18)26-15-7-14-24-26)21(17-8-3-1-4-9-17)28-19-10-5-2-6-11-19/h1-16,21H,(H,25,27)/t21-/m1/s1. The van der Waals surface area contributed by atoms with Crippen LogP contribution in [-0.4, -0.2) is 20.7 Å². The second kappa shape index (κ2) is 8.54. The second-order valence-electron chi connectivity index (χ2n) is 6.07. The van der Waals surface area contributed by atoms with E-state index in [0.717, 1.165) is 10.5 Å². The number of thioether (sulfide) groups is 1. The first kappa shape index (κ1) is 18.0. The number of nitrogens with one attached hydrogen (secondary N) is 1. The highest BCUT2D eigenvalue weighted by atomic mass is 32.2. The average Bonchev–Trinajstić information content (AvgIpc) is 3.29. The van der Waals surface area contributed by atoms with Crippen molar-refractivity contribution in [3.63, 3.8) is 0 Å². The van der Waals surface area contributed by atoms with E-state index < -0.39 is 0 Å². The van der Waals surface area contributed by atoms with Crippen LogP contribution in [0.4, 0.5) is 5.69 Å². The summed E-state index contributed by atoms with van der Waals surface area (Å²) in [5.74, 6) is 0.606. The van der Waals surface area contributed by atoms with Crippen molar-refractivity contribution in [3.8, 4) is 5.82 Å². The molecule has 1 N–H and O–H groups in total. The number of hydrogen-bond acceptors (Lipinski definition) is 4. The van der Waals surface area contributed by atoms with Crippen molar-refractivity contribution >= 4 is 23.4 Å². The first-order chi connectivity index (χ1) is 13.8. The van der Waals surface area contributed by atoms with Gasteiger partial charge in [-0.1, -0.05) is 48.5 Å². The van der Waals surface area contributed by atoms with Crippen LogP contribution < -0.4 is 5.32 Å². The number of hydrogen-bond donors (Lipinski definition) is 1. The number of anilines is 1. The molecule has 6 heteroatoms. The normalized spacial score (nSPS) is 11.7. The van der Waals surface area contributed by atoms with Crippen molar-refractivity contribution in [2.45, 2.75) is 10.1 Å². The first-order valence-corrected chi connectivity index (χ1v) is 9.71. The Labute approximate surface area is 167 Å². The predicted octanol–water partition coefficient (Wildman–Crippen LogP) is 4.74. The average molecular weight is 386 g/mol. The Morgan fingerprint density at radius 2 is 1.68 bits per heavy atom. The van der Waals surface area contributed by atoms with E-state index in [9.17, 15) is 4.79 Å². The van der Waals surface area contributed by atoms with Gasteiger partial charge in [0.15, 0.2) is 5.82 Å². The van der Waals surface area contributed by atoms with E-state index >= 15 is 0 Å². The maximum absolute atomic E-state index is 13.1. The maximum Gasteiger partial charge on any atom is 0.242 e. The zero-order valence-corrected chi connectivity index (χ0v) is 15.8. The van der Waals surface area contributed by atoms with Gasteiger partial charge in [-0.25, -0.2) is 9.67 Å². The molecule has 0 saturated carbocycles. The number of aromatic nitrogens is 3. The molecule has 0 aliphatic carbocycles. The molecule has 4 rings (SSSR count). The van der Waals surface area contributed by atoms with E-state index in [1.807, 2.05) is 85.1 Å². The molecule has 5 nitrogen and oxygen atoms in total. The molecule has 1 amide bonds. The van der Waals surface area contributed by atoms with Crippen LogP contribution in [0.25, 0.3) is 5.82 Å². The third-order valence-corrected chi connectivity index (χ3v) is 5.36. The van der Waals surface area contributed by atoms with Gasteiger partial charge in [-0.3, -0.25) is 4.79 Å². The van der Waals surface area contributed by atoms with Gasteiger partial charge in [-0.05, 0) is 35.9 Å². The highest BCUT2D eigenvalue weighted by Crippen LogP contribution is 2.36. The summed E-state index contributed by atoms with van der Waals surface area (Å²) >= 11 is 1.52. The number of pyridine rings is 1. The lowest BCUT2D eigenvalue weighted by molar-refractivity contribution is -0.115. The van der Waals surface area contributed by atoms with Crippen LogP contribution in [0.2, 0.25) is 0 Å². The number of amides is 1. The summed E-state index contributed by atoms with van der Waals surface area (Å²) in [6, 6.07) is 25.2. The molecule has 1 atom stereocenters. The van der Waals surface area contributed by atoms with E-state index in [0.29, 0.717) is 11.5 Å². The summed E-state index contributed by atoms with van der Waals surface area (Å²) in [5.41, 5.74) is 1.60. The molecule has 0 aliphatic heterocycles. The van der Waals surface area contributed by atoms with Crippen molar-refractivity contribution in [1.82, 2.24) is 14.8 Å². The van der Waals surface area contributed by atoms with Crippen molar-refractivity contribution in [2.75, 3.05) is 5.32 Å². The SMILES string of the molecule is O=C(Nc1ccc(-n2cccn2)nc1)[C@H](Sc1ccccc1)c1ccccc1. The fourth-order valence-electron chi connectivity index (χ4n) is 2.74. The van der Waals surface area contributed by atoms with Crippen molar-refractivity contribution in [2.24, 2.45) is 0 Å². The minimum atomic E-state index is -0.366. The Bertz CT molecular complexity index is 1020. The van der Waals surface area contributed by atoms with Gasteiger partial charge in [-0.15, -0.1) is 11.8 Å². The van der Waals surface area contributed by atoms with Gasteiger partial charge >= 0.3 is 0 Å². The Hall–Kier alpha value is -3.38. The van der Waals surface area contributed by atoms with Gasteiger partial charge in [0.2, 0.25) is 5.91 Å². The van der Waals surface area contributed by atoms with Crippen LogP contribution in [0, 0.1) is 0 Å². The summed E-state index contributed by atoms with van der Waals surface area (Å²) in [6.07, 6.45) is 5.16. The summed E-state index contributed by atoms with van der Waals surface area (Å²) < 4.78 is 1.67. The molecule has 4 aromatic rings. The van der Waals surface area contributed by atoms with Crippen molar-refractivity contribution in [1.29, 1.82) is 0 Å². The largest absolute Gasteiger partial charge is 0.323 e. The number of carbonyl (C=O) groups excluding carboxylic acids is 1. The molecule has 0 radical (unpaired) electrons. The van der Waals surface area contributed by atoms with Crippen LogP contribution in [0.1, 0.15) is 10.8 Å². The van der Waals surface area contributed by atoms with Crippen LogP contribution in [0.15, 0.2) is 102 Å². The van der Waals surface area contributed by atoms with Crippen molar-refractivity contribution < 1.29 is 4.79 Å². The summed E-state index contributed by atoms with van der Waals surface area (Å²) in [4.78, 5) is 18.5. The molecule has 0 bridgehead atoms. The Morgan fingerprint density at radius 1 is 0.929 bits per heavy atom. The fraction of sp³-hybridized carbons (Fsp3) is 0.0455. The molecule has 2 aromatic carbocycles. The lowest BCUT2D eigenvalue weighted by Gasteiger charge is -2.17. The minimum Gasteiger partial charge on any atom is -0.323 e. The van der Waals surface area contributed by atoms with Crippen LogP contribution in [0.3, 0.4) is 0 Å². The first-order valence-electron chi connectivity index (χ1n) is 8.83. The van der Waals surface area contributed by atoms with E-state index in [4.69, 9.17) is 0 Å². The van der Waals surface area contributed by atoms with Crippen molar-refractivity contribution in [3.05, 3.63) is 103 Å². The Balaban J connectivity index is 1.53. The number of carbonyl (C=O) groups is 1. The lowest BCUT2D eigenvalue weighted by atomic mass is 10.1. The van der Waals surface area contributed by atoms with E-state index in [-0.39, 0.29) is 11.2 Å².